The van der Waals surface area contributed by atoms with Gasteiger partial charge in [-0.3, -0.25) is 4.79 Å². The Morgan fingerprint density at radius 1 is 1.09 bits per heavy atom. The zero-order valence-electron chi connectivity index (χ0n) is 19.0. The first-order valence-corrected chi connectivity index (χ1v) is 11.4. The molecule has 172 valence electrons. The summed E-state index contributed by atoms with van der Waals surface area (Å²) < 4.78 is 12.0. The van der Waals surface area contributed by atoms with Gasteiger partial charge in [-0.2, -0.15) is 0 Å². The molecule has 6 nitrogen and oxygen atoms in total. The Bertz CT molecular complexity index is 1130. The van der Waals surface area contributed by atoms with Crippen molar-refractivity contribution in [2.75, 3.05) is 0 Å². The number of aromatic nitrogens is 1. The highest BCUT2D eigenvalue weighted by Gasteiger charge is 2.29. The lowest BCUT2D eigenvalue weighted by Crippen LogP contribution is -2.29. The van der Waals surface area contributed by atoms with Crippen LogP contribution in [0, 0.1) is 19.8 Å². The second-order valence-electron chi connectivity index (χ2n) is 8.79. The van der Waals surface area contributed by atoms with Crippen LogP contribution in [-0.4, -0.2) is 27.9 Å². The number of oxazole rings is 1. The SMILES string of the molecule is Cc1ccc(-c2nc(CO[C@H]3CCC[C@@H](C(=O)Cc4ccccc4C(=O)O)C3)c(C)o2)cc1. The quantitative estimate of drug-likeness (QED) is 0.487. The zero-order valence-corrected chi connectivity index (χ0v) is 19.0. The normalized spacial score (nSPS) is 18.2. The Morgan fingerprint density at radius 2 is 1.85 bits per heavy atom. The van der Waals surface area contributed by atoms with Gasteiger partial charge in [0.05, 0.1) is 18.3 Å². The molecule has 0 radical (unpaired) electrons. The van der Waals surface area contributed by atoms with Gasteiger partial charge in [-0.25, -0.2) is 9.78 Å². The summed E-state index contributed by atoms with van der Waals surface area (Å²) >= 11 is 0. The van der Waals surface area contributed by atoms with Crippen LogP contribution in [-0.2, 0) is 22.6 Å². The second kappa shape index (κ2) is 10.1. The standard InChI is InChI=1S/C27H29NO5/c1-17-10-12-19(13-11-17)26-28-24(18(2)33-26)16-32-22-8-5-7-21(14-22)25(29)15-20-6-3-4-9-23(20)27(30)31/h3-4,6,9-13,21-22H,5,7-8,14-16H2,1-2H3,(H,30,31)/t21-,22+/m1/s1. The molecule has 6 heteroatoms. The number of carbonyl (C=O) groups is 2. The van der Waals surface area contributed by atoms with Crippen LogP contribution in [0.4, 0.5) is 0 Å². The highest BCUT2D eigenvalue weighted by molar-refractivity contribution is 5.92. The van der Waals surface area contributed by atoms with Crippen LogP contribution in [0.5, 0.6) is 0 Å². The van der Waals surface area contributed by atoms with E-state index < -0.39 is 5.97 Å². The van der Waals surface area contributed by atoms with E-state index in [0.29, 0.717) is 24.5 Å². The van der Waals surface area contributed by atoms with E-state index in [4.69, 9.17) is 9.15 Å². The molecule has 4 rings (SSSR count). The van der Waals surface area contributed by atoms with Crippen LogP contribution in [0.15, 0.2) is 52.9 Å². The molecule has 1 heterocycles. The summed E-state index contributed by atoms with van der Waals surface area (Å²) in [5, 5.41) is 9.37. The topological polar surface area (TPSA) is 89.6 Å². The second-order valence-corrected chi connectivity index (χ2v) is 8.79. The van der Waals surface area contributed by atoms with Crippen molar-refractivity contribution < 1.29 is 23.8 Å². The van der Waals surface area contributed by atoms with Gasteiger partial charge in [-0.05, 0) is 56.9 Å². The average Bonchev–Trinajstić information content (AvgIpc) is 3.19. The van der Waals surface area contributed by atoms with E-state index >= 15 is 0 Å². The molecule has 1 aliphatic carbocycles. The van der Waals surface area contributed by atoms with E-state index in [1.807, 2.05) is 38.1 Å². The Morgan fingerprint density at radius 3 is 2.61 bits per heavy atom. The van der Waals surface area contributed by atoms with Crippen LogP contribution in [0.1, 0.15) is 58.6 Å². The van der Waals surface area contributed by atoms with Gasteiger partial charge < -0.3 is 14.3 Å². The summed E-state index contributed by atoms with van der Waals surface area (Å²) in [5.74, 6) is 0.277. The highest BCUT2D eigenvalue weighted by Crippen LogP contribution is 2.30. The van der Waals surface area contributed by atoms with Gasteiger partial charge in [0.2, 0.25) is 5.89 Å². The number of aromatic carboxylic acids is 1. The molecule has 0 unspecified atom stereocenters. The van der Waals surface area contributed by atoms with Crippen molar-refractivity contribution in [3.63, 3.8) is 0 Å². The molecule has 1 N–H and O–H groups in total. The van der Waals surface area contributed by atoms with Crippen molar-refractivity contribution in [3.05, 3.63) is 76.7 Å². The molecule has 0 saturated heterocycles. The van der Waals surface area contributed by atoms with E-state index in [2.05, 4.69) is 4.98 Å². The molecule has 1 aliphatic rings. The summed E-state index contributed by atoms with van der Waals surface area (Å²) in [7, 11) is 0. The third-order valence-corrected chi connectivity index (χ3v) is 6.34. The molecule has 1 saturated carbocycles. The number of hydrogen-bond donors (Lipinski definition) is 1. The lowest BCUT2D eigenvalue weighted by molar-refractivity contribution is -0.125. The van der Waals surface area contributed by atoms with Gasteiger partial charge in [0, 0.05) is 17.9 Å². The molecular formula is C27H29NO5. The Kier molecular flexibility index (Phi) is 7.04. The average molecular weight is 448 g/mol. The summed E-state index contributed by atoms with van der Waals surface area (Å²) in [6, 6.07) is 14.7. The number of benzene rings is 2. The number of carboxylic acid groups (broad SMARTS) is 1. The number of carboxylic acids is 1. The maximum atomic E-state index is 12.9. The Hall–Kier alpha value is -3.25. The van der Waals surface area contributed by atoms with Crippen molar-refractivity contribution in [2.24, 2.45) is 5.92 Å². The largest absolute Gasteiger partial charge is 0.478 e. The predicted octanol–water partition coefficient (Wildman–Crippen LogP) is 5.54. The van der Waals surface area contributed by atoms with Crippen LogP contribution in [0.2, 0.25) is 0 Å². The fourth-order valence-corrected chi connectivity index (χ4v) is 4.38. The fraction of sp³-hybridized carbons (Fsp3) is 0.370. The number of nitrogens with zero attached hydrogens (tertiary/aromatic N) is 1. The van der Waals surface area contributed by atoms with Crippen molar-refractivity contribution in [3.8, 4) is 11.5 Å². The zero-order chi connectivity index (χ0) is 23.4. The highest BCUT2D eigenvalue weighted by atomic mass is 16.5. The molecule has 0 bridgehead atoms. The third kappa shape index (κ3) is 5.57. The molecule has 0 amide bonds. The smallest absolute Gasteiger partial charge is 0.335 e. The third-order valence-electron chi connectivity index (χ3n) is 6.34. The first-order valence-electron chi connectivity index (χ1n) is 11.4. The first kappa shape index (κ1) is 22.9. The lowest BCUT2D eigenvalue weighted by atomic mass is 9.82. The van der Waals surface area contributed by atoms with Crippen molar-refractivity contribution in [2.45, 2.75) is 58.7 Å². The summed E-state index contributed by atoms with van der Waals surface area (Å²) in [4.78, 5) is 29.0. The number of ether oxygens (including phenoxy) is 1. The number of carbonyl (C=O) groups excluding carboxylic acids is 1. The van der Waals surface area contributed by atoms with Crippen molar-refractivity contribution in [1.82, 2.24) is 4.98 Å². The first-order chi connectivity index (χ1) is 15.9. The minimum absolute atomic E-state index is 0.0265. The maximum Gasteiger partial charge on any atom is 0.335 e. The molecule has 0 aliphatic heterocycles. The molecule has 3 aromatic rings. The van der Waals surface area contributed by atoms with E-state index in [-0.39, 0.29) is 29.8 Å². The number of Topliss-reactive ketones (excluding diaryl/α,β-unsaturated/α-hetero) is 1. The van der Waals surface area contributed by atoms with Crippen LogP contribution in [0.3, 0.4) is 0 Å². The van der Waals surface area contributed by atoms with E-state index in [9.17, 15) is 14.7 Å². The number of aryl methyl sites for hydroxylation is 2. The van der Waals surface area contributed by atoms with Gasteiger partial charge in [0.25, 0.3) is 0 Å². The van der Waals surface area contributed by atoms with E-state index in [1.54, 1.807) is 24.3 Å². The molecule has 1 fully saturated rings. The van der Waals surface area contributed by atoms with Gasteiger partial charge >= 0.3 is 5.97 Å². The van der Waals surface area contributed by atoms with Gasteiger partial charge in [-0.15, -0.1) is 0 Å². The monoisotopic (exact) mass is 447 g/mol. The lowest BCUT2D eigenvalue weighted by Gasteiger charge is -2.28. The van der Waals surface area contributed by atoms with Crippen LogP contribution in [0.25, 0.3) is 11.5 Å². The molecule has 1 aromatic heterocycles. The van der Waals surface area contributed by atoms with Crippen molar-refractivity contribution in [1.29, 1.82) is 0 Å². The molecule has 2 aromatic carbocycles. The Balaban J connectivity index is 1.35. The van der Waals surface area contributed by atoms with Crippen LogP contribution < -0.4 is 0 Å². The van der Waals surface area contributed by atoms with E-state index in [0.717, 1.165) is 36.3 Å². The summed E-state index contributed by atoms with van der Waals surface area (Å²) in [6.07, 6.45) is 3.39. The molecule has 2 atom stereocenters. The number of ketones is 1. The summed E-state index contributed by atoms with van der Waals surface area (Å²) in [6.45, 7) is 4.27. The molecule has 33 heavy (non-hydrogen) atoms. The Labute approximate surface area is 193 Å². The van der Waals surface area contributed by atoms with E-state index in [1.165, 1.54) is 5.56 Å². The predicted molar refractivity (Wildman–Crippen MR) is 124 cm³/mol. The van der Waals surface area contributed by atoms with Crippen LogP contribution >= 0.6 is 0 Å². The fourth-order valence-electron chi connectivity index (χ4n) is 4.38. The van der Waals surface area contributed by atoms with Gasteiger partial charge in [0.15, 0.2) is 0 Å². The van der Waals surface area contributed by atoms with Gasteiger partial charge in [-0.1, -0.05) is 42.3 Å². The minimum atomic E-state index is -1.00. The number of rotatable bonds is 8. The summed E-state index contributed by atoms with van der Waals surface area (Å²) in [5.41, 5.74) is 3.65. The maximum absolute atomic E-state index is 12.9. The molecular weight excluding hydrogens is 418 g/mol. The van der Waals surface area contributed by atoms with Gasteiger partial charge in [0.1, 0.15) is 17.2 Å². The minimum Gasteiger partial charge on any atom is -0.478 e. The molecule has 0 spiro atoms. The van der Waals surface area contributed by atoms with Crippen molar-refractivity contribution >= 4 is 11.8 Å². The number of hydrogen-bond acceptors (Lipinski definition) is 5.